The molecule has 3 amide bonds. The number of rotatable bonds is 4. The fourth-order valence-electron chi connectivity index (χ4n) is 8.05. The average Bonchev–Trinajstić information content (AvgIpc) is 3.45. The van der Waals surface area contributed by atoms with Crippen molar-refractivity contribution >= 4 is 59.1 Å². The first kappa shape index (κ1) is 41.9. The Bertz CT molecular complexity index is 2310. The summed E-state index contributed by atoms with van der Waals surface area (Å²) in [5.41, 5.74) is 9.61. The van der Waals surface area contributed by atoms with Crippen molar-refractivity contribution in [2.24, 2.45) is 10.2 Å². The minimum absolute atomic E-state index is 0.0497. The van der Waals surface area contributed by atoms with E-state index in [-0.39, 0.29) is 36.0 Å². The Hall–Kier alpha value is -5.87. The highest BCUT2D eigenvalue weighted by Crippen LogP contribution is 2.41. The highest BCUT2D eigenvalue weighted by molar-refractivity contribution is 6.62. The van der Waals surface area contributed by atoms with Gasteiger partial charge in [0.05, 0.1) is 22.6 Å². The Balaban J connectivity index is 0.000000180. The summed E-state index contributed by atoms with van der Waals surface area (Å²) in [6, 6.07) is 21.3. The van der Waals surface area contributed by atoms with Crippen molar-refractivity contribution in [3.05, 3.63) is 83.9 Å². The summed E-state index contributed by atoms with van der Waals surface area (Å²) in [4.78, 5) is 43.1. The lowest BCUT2D eigenvalue weighted by molar-refractivity contribution is -0.123. The van der Waals surface area contributed by atoms with E-state index in [4.69, 9.17) is 23.5 Å². The summed E-state index contributed by atoms with van der Waals surface area (Å²) in [7, 11) is -0.466. The van der Waals surface area contributed by atoms with Crippen LogP contribution < -0.4 is 35.6 Å². The summed E-state index contributed by atoms with van der Waals surface area (Å²) in [6.45, 7) is 18.6. The number of nitrogens with zero attached hydrogens (tertiary/aromatic N) is 5. The topological polar surface area (TPSA) is 156 Å². The average molecular weight is 832 g/mol. The molecule has 0 radical (unpaired) electrons. The van der Waals surface area contributed by atoms with E-state index in [0.717, 1.165) is 45.9 Å². The van der Waals surface area contributed by atoms with E-state index in [1.807, 2.05) is 126 Å². The standard InChI is InChI=1S/C28H32N4O4.C17H22BN3O4/c1-18-26(33)30-29-25-17-35-24-11-10-20(16-23(24)32(18)25)21-12-13-31(27(34)36-28(2,3)4)22(15-21)14-19-8-6-5-7-9-19;1-10-15(22)20-19-14-9-23-13-7-6-11(8-12(13)21(10)14)18-24-16(2,3)17(4,5)25-18/h5-12,16,18,22H,13-15,17H2,1-4H3,(H,30,33);6-8,10H,9H2,1-5H3,(H,20,22)/t18-,22-;10-/m11/s1. The molecule has 2 N–H and O–H groups in total. The number of hydrogen-bond acceptors (Lipinski definition) is 12. The predicted octanol–water partition coefficient (Wildman–Crippen LogP) is 5.37. The second-order valence-corrected chi connectivity index (χ2v) is 18.1. The van der Waals surface area contributed by atoms with Gasteiger partial charge < -0.3 is 38.2 Å². The predicted molar refractivity (Wildman–Crippen MR) is 234 cm³/mol. The van der Waals surface area contributed by atoms with Crippen LogP contribution in [0.4, 0.5) is 16.2 Å². The molecule has 3 atom stereocenters. The van der Waals surface area contributed by atoms with Crippen LogP contribution >= 0.6 is 0 Å². The number of carbonyl (C=O) groups is 3. The van der Waals surface area contributed by atoms with E-state index in [2.05, 4.69) is 45.3 Å². The van der Waals surface area contributed by atoms with Crippen molar-refractivity contribution in [2.45, 2.75) is 110 Å². The van der Waals surface area contributed by atoms with Crippen LogP contribution in [-0.4, -0.2) is 96.3 Å². The van der Waals surface area contributed by atoms with Gasteiger partial charge in [0.15, 0.2) is 11.7 Å². The van der Waals surface area contributed by atoms with Gasteiger partial charge >= 0.3 is 13.2 Å². The monoisotopic (exact) mass is 831 g/mol. The molecule has 0 aliphatic carbocycles. The molecule has 9 rings (SSSR count). The molecule has 6 aliphatic heterocycles. The van der Waals surface area contributed by atoms with E-state index >= 15 is 0 Å². The molecular weight excluding hydrogens is 777 g/mol. The van der Waals surface area contributed by atoms with Crippen molar-refractivity contribution < 1.29 is 37.9 Å². The van der Waals surface area contributed by atoms with Crippen molar-refractivity contribution in [1.82, 2.24) is 15.8 Å². The van der Waals surface area contributed by atoms with Gasteiger partial charge in [-0.3, -0.25) is 9.59 Å². The summed E-state index contributed by atoms with van der Waals surface area (Å²) in [5, 5.41) is 8.30. The molecule has 15 nitrogen and oxygen atoms in total. The molecule has 3 aromatic rings. The Morgan fingerprint density at radius 1 is 0.820 bits per heavy atom. The normalized spacial score (nSPS) is 23.4. The maximum absolute atomic E-state index is 13.1. The molecule has 6 aliphatic rings. The Kier molecular flexibility index (Phi) is 10.9. The maximum Gasteiger partial charge on any atom is 0.494 e. The van der Waals surface area contributed by atoms with Gasteiger partial charge in [-0.25, -0.2) is 15.6 Å². The van der Waals surface area contributed by atoms with Gasteiger partial charge in [0, 0.05) is 12.6 Å². The Morgan fingerprint density at radius 2 is 1.38 bits per heavy atom. The van der Waals surface area contributed by atoms with Crippen LogP contribution in [0.15, 0.2) is 83.0 Å². The van der Waals surface area contributed by atoms with Gasteiger partial charge in [0.1, 0.15) is 42.4 Å². The molecule has 1 fully saturated rings. The molecule has 0 bridgehead atoms. The Morgan fingerprint density at radius 3 is 1.95 bits per heavy atom. The van der Waals surface area contributed by atoms with Crippen LogP contribution in [0.3, 0.4) is 0 Å². The van der Waals surface area contributed by atoms with Gasteiger partial charge in [-0.1, -0.05) is 48.5 Å². The Labute approximate surface area is 357 Å². The number of hydrazone groups is 2. The van der Waals surface area contributed by atoms with Crippen molar-refractivity contribution in [3.63, 3.8) is 0 Å². The van der Waals surface area contributed by atoms with Crippen molar-refractivity contribution in [1.29, 1.82) is 0 Å². The zero-order chi connectivity index (χ0) is 43.4. The highest BCUT2D eigenvalue weighted by atomic mass is 16.7. The molecule has 0 unspecified atom stereocenters. The number of carbonyl (C=O) groups excluding carboxylic acids is 3. The van der Waals surface area contributed by atoms with Crippen LogP contribution in [0, 0.1) is 0 Å². The van der Waals surface area contributed by atoms with E-state index in [9.17, 15) is 14.4 Å². The quantitative estimate of drug-likeness (QED) is 0.328. The first-order chi connectivity index (χ1) is 28.9. The molecule has 320 valence electrons. The number of benzene rings is 3. The lowest BCUT2D eigenvalue weighted by atomic mass is 9.78. The number of ether oxygens (including phenoxy) is 3. The van der Waals surface area contributed by atoms with Crippen molar-refractivity contribution in [2.75, 3.05) is 29.6 Å². The molecule has 16 heteroatoms. The molecule has 1 saturated heterocycles. The van der Waals surface area contributed by atoms with Gasteiger partial charge in [-0.05, 0) is 122 Å². The third-order valence-corrected chi connectivity index (χ3v) is 12.1. The highest BCUT2D eigenvalue weighted by Gasteiger charge is 2.52. The van der Waals surface area contributed by atoms with Gasteiger partial charge in [0.2, 0.25) is 0 Å². The molecule has 3 aromatic carbocycles. The third kappa shape index (κ3) is 8.30. The number of nitrogens with one attached hydrogen (secondary N) is 2. The minimum Gasteiger partial charge on any atom is -0.483 e. The van der Waals surface area contributed by atoms with Crippen LogP contribution in [-0.2, 0) is 30.1 Å². The summed E-state index contributed by atoms with van der Waals surface area (Å²) >= 11 is 0. The molecule has 0 saturated carbocycles. The maximum atomic E-state index is 13.1. The van der Waals surface area contributed by atoms with Crippen molar-refractivity contribution in [3.8, 4) is 11.5 Å². The molecule has 0 spiro atoms. The molecule has 6 heterocycles. The third-order valence-electron chi connectivity index (χ3n) is 12.1. The van der Waals surface area contributed by atoms with Crippen LogP contribution in [0.5, 0.6) is 11.5 Å². The fraction of sp³-hybridized carbons (Fsp3) is 0.444. The van der Waals surface area contributed by atoms with E-state index in [1.54, 1.807) is 0 Å². The van der Waals surface area contributed by atoms with Crippen LogP contribution in [0.25, 0.3) is 5.57 Å². The van der Waals surface area contributed by atoms with Gasteiger partial charge in [0.25, 0.3) is 11.8 Å². The number of anilines is 2. The minimum atomic E-state index is -0.562. The van der Waals surface area contributed by atoms with E-state index in [0.29, 0.717) is 37.9 Å². The number of fused-ring (bicyclic) bond motifs is 6. The van der Waals surface area contributed by atoms with Crippen LogP contribution in [0.2, 0.25) is 0 Å². The molecule has 61 heavy (non-hydrogen) atoms. The van der Waals surface area contributed by atoms with Gasteiger partial charge in [-0.15, -0.1) is 0 Å². The fourth-order valence-corrected chi connectivity index (χ4v) is 8.05. The second kappa shape index (κ2) is 15.9. The van der Waals surface area contributed by atoms with E-state index in [1.165, 1.54) is 5.56 Å². The summed E-state index contributed by atoms with van der Waals surface area (Å²) in [6.07, 6.45) is 3.21. The lowest BCUT2D eigenvalue weighted by Crippen LogP contribution is -2.55. The smallest absolute Gasteiger partial charge is 0.483 e. The first-order valence-electron chi connectivity index (χ1n) is 20.8. The zero-order valence-electron chi connectivity index (χ0n) is 36.3. The summed E-state index contributed by atoms with van der Waals surface area (Å²) < 4.78 is 29.7. The number of amidine groups is 2. The molecule has 0 aromatic heterocycles. The largest absolute Gasteiger partial charge is 0.494 e. The lowest BCUT2D eigenvalue weighted by Gasteiger charge is -2.39. The zero-order valence-corrected chi connectivity index (χ0v) is 36.3. The summed E-state index contributed by atoms with van der Waals surface area (Å²) in [5.74, 6) is 2.53. The first-order valence-corrected chi connectivity index (χ1v) is 20.8. The SMILES string of the molecule is C[C@@H]1C(=O)NN=C2COc3ccc(B4OC(C)(C)C(C)(C)O4)cc3N21.C[C@@H]1C(=O)NN=C2COc3ccc(C4=CCN(C(=O)OC(C)(C)C)[C@H](Cc5ccccc5)C4)cc3N21. The van der Waals surface area contributed by atoms with E-state index < -0.39 is 23.9 Å². The molecular formula is C45H54BN7O8. The van der Waals surface area contributed by atoms with Gasteiger partial charge in [-0.2, -0.15) is 10.2 Å². The number of hydrogen-bond donors (Lipinski definition) is 2. The van der Waals surface area contributed by atoms with Crippen LogP contribution in [0.1, 0.15) is 79.9 Å². The second-order valence-electron chi connectivity index (χ2n) is 18.1. The number of amides is 3.